The van der Waals surface area contributed by atoms with Gasteiger partial charge in [-0.05, 0) is 113 Å². The summed E-state index contributed by atoms with van der Waals surface area (Å²) in [5, 5.41) is 7.46. The molecular formula is C51H33N3S. The predicted molar refractivity (Wildman–Crippen MR) is 235 cm³/mol. The molecule has 0 aliphatic heterocycles. The van der Waals surface area contributed by atoms with E-state index < -0.39 is 0 Å². The highest BCUT2D eigenvalue weighted by Gasteiger charge is 2.18. The molecule has 55 heavy (non-hydrogen) atoms. The van der Waals surface area contributed by atoms with E-state index in [1.807, 2.05) is 23.7 Å². The summed E-state index contributed by atoms with van der Waals surface area (Å²) >= 11 is 1.85. The fraction of sp³-hybridized carbons (Fsp3) is 0. The molecule has 3 nitrogen and oxygen atoms in total. The molecule has 0 spiro atoms. The zero-order valence-electron chi connectivity index (χ0n) is 29.8. The van der Waals surface area contributed by atoms with Crippen molar-refractivity contribution in [2.45, 2.75) is 0 Å². The SMILES string of the molecule is c1ccc(-c2ccc(N(c3ccc(-c4ccc5c(c4)sc4cc6cnccc6cc45)cc3)c3ccc4c(c3)c3ccccc3n4-c3ccccc3)cc2)cc1. The largest absolute Gasteiger partial charge is 0.310 e. The Hall–Kier alpha value is -7.01. The molecule has 3 heterocycles. The van der Waals surface area contributed by atoms with Crippen molar-refractivity contribution in [3.63, 3.8) is 0 Å². The zero-order valence-corrected chi connectivity index (χ0v) is 30.6. The van der Waals surface area contributed by atoms with E-state index in [1.165, 1.54) is 75.0 Å². The van der Waals surface area contributed by atoms with Gasteiger partial charge >= 0.3 is 0 Å². The van der Waals surface area contributed by atoms with Gasteiger partial charge in [0.15, 0.2) is 0 Å². The van der Waals surface area contributed by atoms with E-state index in [0.29, 0.717) is 0 Å². The number of rotatable bonds is 6. The minimum Gasteiger partial charge on any atom is -0.310 e. The molecule has 0 bridgehead atoms. The lowest BCUT2D eigenvalue weighted by Crippen LogP contribution is -2.10. The average molecular weight is 720 g/mol. The van der Waals surface area contributed by atoms with Gasteiger partial charge in [0.2, 0.25) is 0 Å². The average Bonchev–Trinajstić information content (AvgIpc) is 3.78. The van der Waals surface area contributed by atoms with Crippen molar-refractivity contribution in [2.24, 2.45) is 0 Å². The number of pyridine rings is 1. The molecule has 0 saturated heterocycles. The standard InChI is InChI=1S/C51H33N3S/c1-3-9-34(10-4-1)35-15-20-41(21-16-35)53(43-24-26-49-46(32-43)44-13-7-8-14-48(44)54(49)40-11-5-2-6-12-40)42-22-17-36(18-23-42)37-19-25-45-47-29-38-27-28-52-33-39(38)31-51(47)55-50(45)30-37/h1-33H. The van der Waals surface area contributed by atoms with E-state index in [9.17, 15) is 0 Å². The molecule has 0 atom stereocenters. The third-order valence-electron chi connectivity index (χ3n) is 10.9. The molecule has 11 rings (SSSR count). The number of nitrogens with zero attached hydrogens (tertiary/aromatic N) is 3. The van der Waals surface area contributed by atoms with E-state index in [-0.39, 0.29) is 0 Å². The zero-order chi connectivity index (χ0) is 36.3. The van der Waals surface area contributed by atoms with Gasteiger partial charge in [-0.3, -0.25) is 4.98 Å². The molecule has 0 saturated carbocycles. The lowest BCUT2D eigenvalue weighted by atomic mass is 10.0. The van der Waals surface area contributed by atoms with Crippen LogP contribution in [0.2, 0.25) is 0 Å². The maximum atomic E-state index is 4.34. The quantitative estimate of drug-likeness (QED) is 0.171. The summed E-state index contributed by atoms with van der Waals surface area (Å²) in [6.07, 6.45) is 3.82. The second-order valence-electron chi connectivity index (χ2n) is 14.1. The minimum absolute atomic E-state index is 1.10. The van der Waals surface area contributed by atoms with Gasteiger partial charge in [-0.25, -0.2) is 0 Å². The van der Waals surface area contributed by atoms with Gasteiger partial charge in [-0.2, -0.15) is 0 Å². The maximum Gasteiger partial charge on any atom is 0.0542 e. The highest BCUT2D eigenvalue weighted by Crippen LogP contribution is 2.42. The molecule has 0 N–H and O–H groups in total. The number of hydrogen-bond acceptors (Lipinski definition) is 3. The molecular weight excluding hydrogens is 687 g/mol. The second kappa shape index (κ2) is 12.8. The van der Waals surface area contributed by atoms with E-state index in [0.717, 1.165) is 22.7 Å². The Morgan fingerprint density at radius 1 is 0.400 bits per heavy atom. The van der Waals surface area contributed by atoms with Gasteiger partial charge in [0.05, 0.1) is 11.0 Å². The van der Waals surface area contributed by atoms with Crippen LogP contribution in [0.4, 0.5) is 17.1 Å². The van der Waals surface area contributed by atoms with Gasteiger partial charge in [0.25, 0.3) is 0 Å². The molecule has 4 heteroatoms. The van der Waals surface area contributed by atoms with E-state index in [4.69, 9.17) is 0 Å². The van der Waals surface area contributed by atoms with Crippen LogP contribution in [-0.2, 0) is 0 Å². The van der Waals surface area contributed by atoms with E-state index in [2.05, 4.69) is 203 Å². The Labute approximate surface area is 322 Å². The second-order valence-corrected chi connectivity index (χ2v) is 15.2. The van der Waals surface area contributed by atoms with Crippen LogP contribution in [0.15, 0.2) is 200 Å². The van der Waals surface area contributed by atoms with Crippen molar-refractivity contribution in [2.75, 3.05) is 4.90 Å². The molecule has 258 valence electrons. The Balaban J connectivity index is 1.02. The topological polar surface area (TPSA) is 21.1 Å². The third kappa shape index (κ3) is 5.38. The molecule has 0 unspecified atom stereocenters. The number of benzene rings is 8. The summed E-state index contributed by atoms with van der Waals surface area (Å²) in [5.41, 5.74) is 11.7. The van der Waals surface area contributed by atoms with Crippen LogP contribution in [-0.4, -0.2) is 9.55 Å². The van der Waals surface area contributed by atoms with Gasteiger partial charge in [-0.1, -0.05) is 103 Å². The Morgan fingerprint density at radius 2 is 1.02 bits per heavy atom. The van der Waals surface area contributed by atoms with Crippen molar-refractivity contribution in [3.8, 4) is 27.9 Å². The summed E-state index contributed by atoms with van der Waals surface area (Å²) in [6.45, 7) is 0. The first-order chi connectivity index (χ1) is 27.2. The van der Waals surface area contributed by atoms with Crippen LogP contribution >= 0.6 is 11.3 Å². The van der Waals surface area contributed by atoms with Gasteiger partial charge in [-0.15, -0.1) is 11.3 Å². The number of thiophene rings is 1. The predicted octanol–water partition coefficient (Wildman–Crippen LogP) is 14.5. The lowest BCUT2D eigenvalue weighted by molar-refractivity contribution is 1.18. The van der Waals surface area contributed by atoms with E-state index in [1.54, 1.807) is 0 Å². The Kier molecular flexibility index (Phi) is 7.35. The smallest absolute Gasteiger partial charge is 0.0542 e. The van der Waals surface area contributed by atoms with E-state index >= 15 is 0 Å². The fourth-order valence-electron chi connectivity index (χ4n) is 8.18. The number of fused-ring (bicyclic) bond motifs is 7. The number of para-hydroxylation sites is 2. The minimum atomic E-state index is 1.10. The first-order valence-electron chi connectivity index (χ1n) is 18.6. The Morgan fingerprint density at radius 3 is 1.80 bits per heavy atom. The molecule has 0 aliphatic carbocycles. The number of aromatic nitrogens is 2. The first-order valence-corrected chi connectivity index (χ1v) is 19.4. The van der Waals surface area contributed by atoms with Crippen molar-refractivity contribution < 1.29 is 0 Å². The normalized spacial score (nSPS) is 11.6. The van der Waals surface area contributed by atoms with Crippen molar-refractivity contribution >= 4 is 81.1 Å². The van der Waals surface area contributed by atoms with Crippen LogP contribution < -0.4 is 4.90 Å². The highest BCUT2D eigenvalue weighted by molar-refractivity contribution is 7.25. The first kappa shape index (κ1) is 31.5. The molecule has 3 aromatic heterocycles. The Bertz CT molecular complexity index is 3180. The highest BCUT2D eigenvalue weighted by atomic mass is 32.1. The number of hydrogen-bond donors (Lipinski definition) is 0. The lowest BCUT2D eigenvalue weighted by Gasteiger charge is -2.26. The van der Waals surface area contributed by atoms with Gasteiger partial charge in [0.1, 0.15) is 0 Å². The number of anilines is 3. The third-order valence-corrected chi connectivity index (χ3v) is 12.0. The molecule has 0 fully saturated rings. The molecule has 0 radical (unpaired) electrons. The van der Waals surface area contributed by atoms with Crippen molar-refractivity contribution in [3.05, 3.63) is 200 Å². The van der Waals surface area contributed by atoms with Crippen LogP contribution in [0.25, 0.3) is 80.7 Å². The monoisotopic (exact) mass is 719 g/mol. The van der Waals surface area contributed by atoms with Crippen LogP contribution in [0.5, 0.6) is 0 Å². The molecule has 0 aliphatic rings. The van der Waals surface area contributed by atoms with Crippen LogP contribution in [0, 0.1) is 0 Å². The van der Waals surface area contributed by atoms with Crippen molar-refractivity contribution in [1.29, 1.82) is 0 Å². The fourth-order valence-corrected chi connectivity index (χ4v) is 9.35. The summed E-state index contributed by atoms with van der Waals surface area (Å²) in [4.78, 5) is 6.72. The summed E-state index contributed by atoms with van der Waals surface area (Å²) < 4.78 is 4.96. The van der Waals surface area contributed by atoms with Crippen molar-refractivity contribution in [1.82, 2.24) is 9.55 Å². The summed E-state index contributed by atoms with van der Waals surface area (Å²) in [5.74, 6) is 0. The van der Waals surface area contributed by atoms with Gasteiger partial charge in [0, 0.05) is 71.5 Å². The van der Waals surface area contributed by atoms with Crippen LogP contribution in [0.1, 0.15) is 0 Å². The van der Waals surface area contributed by atoms with Crippen LogP contribution in [0.3, 0.4) is 0 Å². The molecule has 8 aromatic carbocycles. The summed E-state index contributed by atoms with van der Waals surface area (Å²) in [6, 6.07) is 68.4. The van der Waals surface area contributed by atoms with Gasteiger partial charge < -0.3 is 9.47 Å². The maximum absolute atomic E-state index is 4.34. The molecule has 11 aromatic rings. The molecule has 0 amide bonds. The summed E-state index contributed by atoms with van der Waals surface area (Å²) in [7, 11) is 0.